The van der Waals surface area contributed by atoms with Gasteiger partial charge in [0, 0.05) is 18.2 Å². The van der Waals surface area contributed by atoms with Crippen molar-refractivity contribution in [2.45, 2.75) is 70.7 Å². The predicted octanol–water partition coefficient (Wildman–Crippen LogP) is 2.73. The Morgan fingerprint density at radius 1 is 1.46 bits per heavy atom. The van der Waals surface area contributed by atoms with Crippen LogP contribution in [0, 0.1) is 6.92 Å². The molecular formula is C16H28FN2O6PSSi. The first-order valence-corrected chi connectivity index (χ1v) is 14.4. The highest BCUT2D eigenvalue weighted by atomic mass is 32.5. The average Bonchev–Trinajstić information content (AvgIpc) is 2.88. The lowest BCUT2D eigenvalue weighted by atomic mass is 10.2. The average molecular weight is 455 g/mol. The molecule has 1 saturated heterocycles. The van der Waals surface area contributed by atoms with Gasteiger partial charge < -0.3 is 14.1 Å². The standard InChI is InChI=1S/C16H28FN2O6PSSi/c1-10-8-19(15(21)18-14(10)20)13-7-11(25-26(17,22)27)12(24-13)9-23-28(5,6)16(2,3)4/h8,11-13H,7,9H2,1-6H3,(H,22,27)(H,18,20,21)/t11-,12+,13+,26-/m0/s1. The Hall–Kier alpha value is -0.683. The van der Waals surface area contributed by atoms with Crippen molar-refractivity contribution in [2.24, 2.45) is 0 Å². The molecule has 0 aliphatic carbocycles. The van der Waals surface area contributed by atoms with Crippen LogP contribution in [0.15, 0.2) is 15.8 Å². The Bertz CT molecular complexity index is 877. The first-order chi connectivity index (χ1) is 12.6. The van der Waals surface area contributed by atoms with Gasteiger partial charge >= 0.3 is 12.5 Å². The monoisotopic (exact) mass is 454 g/mol. The van der Waals surface area contributed by atoms with Crippen LogP contribution in [0.5, 0.6) is 0 Å². The second-order valence-electron chi connectivity index (χ2n) is 8.51. The van der Waals surface area contributed by atoms with Gasteiger partial charge in [0.25, 0.3) is 5.56 Å². The van der Waals surface area contributed by atoms with Crippen molar-refractivity contribution < 1.29 is 22.8 Å². The van der Waals surface area contributed by atoms with Gasteiger partial charge in [-0.3, -0.25) is 18.9 Å². The Balaban J connectivity index is 2.25. The lowest BCUT2D eigenvalue weighted by molar-refractivity contribution is -0.0402. The van der Waals surface area contributed by atoms with E-state index in [0.29, 0.717) is 5.56 Å². The molecule has 2 heterocycles. The van der Waals surface area contributed by atoms with E-state index in [9.17, 15) is 18.7 Å². The Kier molecular flexibility index (Phi) is 6.92. The summed E-state index contributed by atoms with van der Waals surface area (Å²) >= 11 is 4.38. The number of hydrogen-bond donors (Lipinski definition) is 2. The number of halogens is 1. The van der Waals surface area contributed by atoms with Crippen LogP contribution in [0.2, 0.25) is 18.1 Å². The van der Waals surface area contributed by atoms with Gasteiger partial charge in [-0.1, -0.05) is 20.8 Å². The number of aromatic nitrogens is 2. The summed E-state index contributed by atoms with van der Waals surface area (Å²) in [6, 6.07) is 0. The van der Waals surface area contributed by atoms with Crippen molar-refractivity contribution >= 4 is 26.9 Å². The molecule has 2 rings (SSSR count). The molecule has 0 aromatic carbocycles. The Labute approximate surface area is 169 Å². The van der Waals surface area contributed by atoms with Crippen LogP contribution in [0.1, 0.15) is 39.0 Å². The Morgan fingerprint density at radius 2 is 2.07 bits per heavy atom. The summed E-state index contributed by atoms with van der Waals surface area (Å²) < 4.78 is 32.0. The number of nitrogens with one attached hydrogen (secondary N) is 1. The topological polar surface area (TPSA) is 103 Å². The molecule has 1 aliphatic heterocycles. The zero-order valence-electron chi connectivity index (χ0n) is 16.9. The van der Waals surface area contributed by atoms with E-state index in [2.05, 4.69) is 50.7 Å². The fourth-order valence-electron chi connectivity index (χ4n) is 2.61. The maximum absolute atomic E-state index is 13.7. The quantitative estimate of drug-likeness (QED) is 0.503. The molecule has 1 aliphatic rings. The molecular weight excluding hydrogens is 426 g/mol. The summed E-state index contributed by atoms with van der Waals surface area (Å²) in [4.78, 5) is 35.3. The molecule has 8 nitrogen and oxygen atoms in total. The maximum Gasteiger partial charge on any atom is 0.363 e. The normalized spacial score (nSPS) is 25.6. The van der Waals surface area contributed by atoms with Crippen LogP contribution in [-0.2, 0) is 25.5 Å². The second kappa shape index (κ2) is 8.21. The highest BCUT2D eigenvalue weighted by molar-refractivity contribution is 8.06. The molecule has 0 radical (unpaired) electrons. The molecule has 0 amide bonds. The van der Waals surface area contributed by atoms with Crippen LogP contribution < -0.4 is 11.2 Å². The van der Waals surface area contributed by atoms with Crippen LogP contribution in [0.25, 0.3) is 0 Å². The molecule has 1 aromatic rings. The second-order valence-corrected chi connectivity index (χ2v) is 15.8. The molecule has 4 atom stereocenters. The number of nitrogens with zero attached hydrogens (tertiary/aromatic N) is 1. The summed E-state index contributed by atoms with van der Waals surface area (Å²) in [7, 11) is -2.11. The minimum Gasteiger partial charge on any atom is -0.414 e. The van der Waals surface area contributed by atoms with Crippen molar-refractivity contribution in [1.29, 1.82) is 0 Å². The number of aryl methyl sites for hydroxylation is 1. The van der Waals surface area contributed by atoms with E-state index < -0.39 is 44.8 Å². The number of ether oxygens (including phenoxy) is 1. The zero-order valence-corrected chi connectivity index (χ0v) is 19.6. The van der Waals surface area contributed by atoms with Crippen LogP contribution in [-0.4, -0.2) is 41.6 Å². The maximum atomic E-state index is 13.7. The first kappa shape index (κ1) is 23.6. The molecule has 2 N–H and O–H groups in total. The van der Waals surface area contributed by atoms with Crippen LogP contribution in [0.3, 0.4) is 0 Å². The summed E-state index contributed by atoms with van der Waals surface area (Å²) in [5.74, 6) is 0. The molecule has 1 aromatic heterocycles. The van der Waals surface area contributed by atoms with E-state index in [1.165, 1.54) is 10.8 Å². The van der Waals surface area contributed by atoms with Crippen molar-refractivity contribution in [3.63, 3.8) is 0 Å². The fraction of sp³-hybridized carbons (Fsp3) is 0.750. The van der Waals surface area contributed by atoms with Crippen molar-refractivity contribution in [3.8, 4) is 0 Å². The molecule has 12 heteroatoms. The van der Waals surface area contributed by atoms with Gasteiger partial charge in [-0.15, -0.1) is 0 Å². The highest BCUT2D eigenvalue weighted by Crippen LogP contribution is 2.49. The van der Waals surface area contributed by atoms with Crippen LogP contribution >= 0.6 is 6.80 Å². The highest BCUT2D eigenvalue weighted by Gasteiger charge is 2.43. The van der Waals surface area contributed by atoms with E-state index in [0.717, 1.165) is 0 Å². The summed E-state index contributed by atoms with van der Waals surface area (Å²) in [5, 5.41) is -0.0415. The lowest BCUT2D eigenvalue weighted by Crippen LogP contribution is -2.44. The summed E-state index contributed by atoms with van der Waals surface area (Å²) in [6.45, 7) is 7.63. The van der Waals surface area contributed by atoms with Gasteiger partial charge in [0.15, 0.2) is 8.32 Å². The third-order valence-electron chi connectivity index (χ3n) is 5.32. The van der Waals surface area contributed by atoms with Gasteiger partial charge in [0.05, 0.1) is 6.61 Å². The molecule has 0 spiro atoms. The van der Waals surface area contributed by atoms with E-state index in [1.807, 2.05) is 0 Å². The van der Waals surface area contributed by atoms with E-state index in [4.69, 9.17) is 13.7 Å². The van der Waals surface area contributed by atoms with E-state index in [-0.39, 0.29) is 18.1 Å². The number of aromatic amines is 1. The smallest absolute Gasteiger partial charge is 0.363 e. The molecule has 1 fully saturated rings. The molecule has 0 unspecified atom stereocenters. The van der Waals surface area contributed by atoms with Gasteiger partial charge in [-0.05, 0) is 36.9 Å². The summed E-state index contributed by atoms with van der Waals surface area (Å²) in [6.07, 6.45) is -0.939. The predicted molar refractivity (Wildman–Crippen MR) is 110 cm³/mol. The van der Waals surface area contributed by atoms with Crippen molar-refractivity contribution in [1.82, 2.24) is 9.55 Å². The molecule has 0 bridgehead atoms. The van der Waals surface area contributed by atoms with E-state index in [1.54, 1.807) is 6.92 Å². The minimum absolute atomic E-state index is 0.0415. The zero-order chi connectivity index (χ0) is 21.5. The van der Waals surface area contributed by atoms with Crippen molar-refractivity contribution in [3.05, 3.63) is 32.6 Å². The third-order valence-corrected chi connectivity index (χ3v) is 10.6. The van der Waals surface area contributed by atoms with Gasteiger partial charge in [-0.2, -0.15) is 4.20 Å². The van der Waals surface area contributed by atoms with Crippen LogP contribution in [0.4, 0.5) is 4.20 Å². The molecule has 0 saturated carbocycles. The SMILES string of the molecule is Cc1cn([C@H]2C[C@H](O[P@@](O)(F)=S)[C@@H](CO[Si](C)(C)C(C)(C)C)O2)c(=O)[nH]c1=O. The van der Waals surface area contributed by atoms with Crippen molar-refractivity contribution in [2.75, 3.05) is 6.61 Å². The largest absolute Gasteiger partial charge is 0.414 e. The molecule has 28 heavy (non-hydrogen) atoms. The summed E-state index contributed by atoms with van der Waals surface area (Å²) in [5.41, 5.74) is -0.798. The van der Waals surface area contributed by atoms with Gasteiger partial charge in [0.1, 0.15) is 18.4 Å². The Morgan fingerprint density at radius 3 is 2.61 bits per heavy atom. The first-order valence-electron chi connectivity index (χ1n) is 8.93. The third kappa shape index (κ3) is 5.68. The van der Waals surface area contributed by atoms with Gasteiger partial charge in [0.2, 0.25) is 0 Å². The molecule has 160 valence electrons. The number of H-pyrrole nitrogens is 1. The minimum atomic E-state index is -4.43. The van der Waals surface area contributed by atoms with E-state index >= 15 is 0 Å². The lowest BCUT2D eigenvalue weighted by Gasteiger charge is -2.37. The van der Waals surface area contributed by atoms with Gasteiger partial charge in [-0.25, -0.2) is 4.79 Å². The number of rotatable bonds is 6. The number of hydrogen-bond acceptors (Lipinski definition) is 6. The fourth-order valence-corrected chi connectivity index (χ4v) is 4.51.